The highest BCUT2D eigenvalue weighted by molar-refractivity contribution is 7.87. The Morgan fingerprint density at radius 3 is 2.44 bits per heavy atom. The monoisotopic (exact) mass is 469 g/mol. The normalized spacial score (nSPS) is 15.7. The molecule has 1 aliphatic rings. The fourth-order valence-electron chi connectivity index (χ4n) is 3.46. The molecule has 32 heavy (non-hydrogen) atoms. The van der Waals surface area contributed by atoms with Gasteiger partial charge in [0.1, 0.15) is 10.6 Å². The Hall–Kier alpha value is -2.55. The lowest BCUT2D eigenvalue weighted by Crippen LogP contribution is -2.43. The van der Waals surface area contributed by atoms with Crippen molar-refractivity contribution >= 4 is 16.0 Å². The van der Waals surface area contributed by atoms with Gasteiger partial charge in [0.15, 0.2) is 0 Å². The molecule has 0 bridgehead atoms. The van der Waals surface area contributed by atoms with E-state index in [1.54, 1.807) is 17.0 Å². The molecule has 1 amide bonds. The number of benzene rings is 2. The number of rotatable bonds is 8. The number of hydrogen-bond donors (Lipinski definition) is 0. The lowest BCUT2D eigenvalue weighted by Gasteiger charge is -2.35. The largest absolute Gasteiger partial charge is 0.416 e. The molecule has 1 unspecified atom stereocenters. The highest BCUT2D eigenvalue weighted by atomic mass is 32.2. The van der Waals surface area contributed by atoms with Crippen molar-refractivity contribution in [2.45, 2.75) is 63.2 Å². The standard InChI is InChI=1S/C23H26F3NO4S/c1-3-16(2)27(22(28)18-8-5-9-18)15-17-7-4-11-20(13-17)31-32(29,30)21-12-6-10-19(14-21)23(24,25)26/h4,6-7,10-14,16,18H,3,5,8-9,15H2,1-2H3. The minimum atomic E-state index is -4.67. The summed E-state index contributed by atoms with van der Waals surface area (Å²) in [5.41, 5.74) is -0.399. The molecule has 0 radical (unpaired) electrons. The summed E-state index contributed by atoms with van der Waals surface area (Å²) in [6.07, 6.45) is -1.09. The van der Waals surface area contributed by atoms with E-state index < -0.39 is 26.8 Å². The molecule has 0 saturated heterocycles. The summed E-state index contributed by atoms with van der Waals surface area (Å²) < 4.78 is 69.0. The van der Waals surface area contributed by atoms with Crippen molar-refractivity contribution in [2.75, 3.05) is 0 Å². The summed E-state index contributed by atoms with van der Waals surface area (Å²) in [5.74, 6) is 0.0957. The smallest absolute Gasteiger partial charge is 0.379 e. The van der Waals surface area contributed by atoms with Crippen LogP contribution in [0.2, 0.25) is 0 Å². The van der Waals surface area contributed by atoms with E-state index in [2.05, 4.69) is 0 Å². The molecule has 3 rings (SSSR count). The quantitative estimate of drug-likeness (QED) is 0.486. The van der Waals surface area contributed by atoms with E-state index in [1.165, 1.54) is 12.1 Å². The Morgan fingerprint density at radius 1 is 1.16 bits per heavy atom. The number of nitrogens with zero attached hydrogens (tertiary/aromatic N) is 1. The summed E-state index contributed by atoms with van der Waals surface area (Å²) >= 11 is 0. The van der Waals surface area contributed by atoms with E-state index in [4.69, 9.17) is 4.18 Å². The van der Waals surface area contributed by atoms with Gasteiger partial charge < -0.3 is 9.08 Å². The van der Waals surface area contributed by atoms with Gasteiger partial charge in [0.2, 0.25) is 5.91 Å². The summed E-state index contributed by atoms with van der Waals surface area (Å²) in [6.45, 7) is 4.26. The van der Waals surface area contributed by atoms with E-state index in [1.807, 2.05) is 13.8 Å². The molecule has 0 spiro atoms. The van der Waals surface area contributed by atoms with Crippen molar-refractivity contribution in [1.29, 1.82) is 0 Å². The van der Waals surface area contributed by atoms with E-state index in [0.717, 1.165) is 43.9 Å². The molecule has 174 valence electrons. The Labute approximate surface area is 186 Å². The van der Waals surface area contributed by atoms with Crippen LogP contribution in [0.1, 0.15) is 50.7 Å². The van der Waals surface area contributed by atoms with Crippen LogP contribution in [0, 0.1) is 5.92 Å². The van der Waals surface area contributed by atoms with Crippen LogP contribution in [0.5, 0.6) is 5.75 Å². The van der Waals surface area contributed by atoms with Gasteiger partial charge in [-0.15, -0.1) is 0 Å². The molecule has 2 aromatic rings. The molecule has 1 atom stereocenters. The van der Waals surface area contributed by atoms with Crippen LogP contribution >= 0.6 is 0 Å². The van der Waals surface area contributed by atoms with Crippen molar-refractivity contribution in [3.8, 4) is 5.75 Å². The molecule has 0 aliphatic heterocycles. The molecule has 2 aromatic carbocycles. The van der Waals surface area contributed by atoms with Gasteiger partial charge in [-0.25, -0.2) is 0 Å². The van der Waals surface area contributed by atoms with Crippen molar-refractivity contribution in [1.82, 2.24) is 4.90 Å². The van der Waals surface area contributed by atoms with Crippen LogP contribution < -0.4 is 4.18 Å². The van der Waals surface area contributed by atoms with Crippen molar-refractivity contribution in [2.24, 2.45) is 5.92 Å². The molecule has 0 heterocycles. The lowest BCUT2D eigenvalue weighted by molar-refractivity contribution is -0.141. The van der Waals surface area contributed by atoms with E-state index in [9.17, 15) is 26.4 Å². The summed E-state index contributed by atoms with van der Waals surface area (Å²) in [5, 5.41) is 0. The van der Waals surface area contributed by atoms with Gasteiger partial charge in [-0.1, -0.05) is 31.5 Å². The van der Waals surface area contributed by atoms with Gasteiger partial charge in [-0.3, -0.25) is 4.79 Å². The van der Waals surface area contributed by atoms with Crippen molar-refractivity contribution in [3.05, 3.63) is 59.7 Å². The second kappa shape index (κ2) is 9.52. The molecular weight excluding hydrogens is 443 g/mol. The van der Waals surface area contributed by atoms with E-state index >= 15 is 0 Å². The Bertz CT molecular complexity index is 1060. The average Bonchev–Trinajstić information content (AvgIpc) is 2.69. The number of hydrogen-bond acceptors (Lipinski definition) is 4. The maximum atomic E-state index is 12.9. The van der Waals surface area contributed by atoms with Crippen LogP contribution in [-0.4, -0.2) is 25.3 Å². The molecular formula is C23H26F3NO4S. The minimum absolute atomic E-state index is 0.0153. The average molecular weight is 470 g/mol. The number of alkyl halides is 3. The van der Waals surface area contributed by atoms with Gasteiger partial charge in [-0.05, 0) is 62.1 Å². The third-order valence-electron chi connectivity index (χ3n) is 5.77. The zero-order valence-electron chi connectivity index (χ0n) is 17.9. The van der Waals surface area contributed by atoms with Crippen LogP contribution in [0.25, 0.3) is 0 Å². The van der Waals surface area contributed by atoms with Crippen LogP contribution in [0.15, 0.2) is 53.4 Å². The van der Waals surface area contributed by atoms with Gasteiger partial charge in [0.05, 0.1) is 5.56 Å². The maximum absolute atomic E-state index is 12.9. The molecule has 1 fully saturated rings. The Kier molecular flexibility index (Phi) is 7.17. The second-order valence-electron chi connectivity index (χ2n) is 8.06. The van der Waals surface area contributed by atoms with Gasteiger partial charge in [-0.2, -0.15) is 21.6 Å². The topological polar surface area (TPSA) is 63.7 Å². The fourth-order valence-corrected chi connectivity index (χ4v) is 4.43. The molecule has 5 nitrogen and oxygen atoms in total. The van der Waals surface area contributed by atoms with E-state index in [0.29, 0.717) is 18.2 Å². The van der Waals surface area contributed by atoms with Crippen molar-refractivity contribution in [3.63, 3.8) is 0 Å². The molecule has 0 aromatic heterocycles. The van der Waals surface area contributed by atoms with Gasteiger partial charge in [0.25, 0.3) is 0 Å². The summed E-state index contributed by atoms with van der Waals surface area (Å²) in [7, 11) is -4.47. The zero-order valence-corrected chi connectivity index (χ0v) is 18.7. The third kappa shape index (κ3) is 5.62. The molecule has 1 aliphatic carbocycles. The predicted octanol–water partition coefficient (Wildman–Crippen LogP) is 5.40. The number of carbonyl (C=O) groups is 1. The molecule has 1 saturated carbocycles. The third-order valence-corrected chi connectivity index (χ3v) is 7.01. The summed E-state index contributed by atoms with van der Waals surface area (Å²) in [6, 6.07) is 9.68. The maximum Gasteiger partial charge on any atom is 0.416 e. The summed E-state index contributed by atoms with van der Waals surface area (Å²) in [4.78, 5) is 14.1. The van der Waals surface area contributed by atoms with Crippen LogP contribution in [0.4, 0.5) is 13.2 Å². The highest BCUT2D eigenvalue weighted by Crippen LogP contribution is 2.32. The Morgan fingerprint density at radius 2 is 1.84 bits per heavy atom. The van der Waals surface area contributed by atoms with Gasteiger partial charge >= 0.3 is 16.3 Å². The van der Waals surface area contributed by atoms with Crippen LogP contribution in [0.3, 0.4) is 0 Å². The predicted molar refractivity (Wildman–Crippen MR) is 113 cm³/mol. The number of amides is 1. The Balaban J connectivity index is 1.80. The first-order valence-corrected chi connectivity index (χ1v) is 11.9. The van der Waals surface area contributed by atoms with E-state index in [-0.39, 0.29) is 23.6 Å². The first-order valence-electron chi connectivity index (χ1n) is 10.5. The number of halogens is 3. The highest BCUT2D eigenvalue weighted by Gasteiger charge is 2.33. The fraction of sp³-hybridized carbons (Fsp3) is 0.435. The van der Waals surface area contributed by atoms with Gasteiger partial charge in [0, 0.05) is 18.5 Å². The first-order chi connectivity index (χ1) is 15.0. The van der Waals surface area contributed by atoms with Crippen molar-refractivity contribution < 1.29 is 30.6 Å². The zero-order chi connectivity index (χ0) is 23.5. The van der Waals surface area contributed by atoms with Crippen LogP contribution in [-0.2, 0) is 27.6 Å². The minimum Gasteiger partial charge on any atom is -0.379 e. The first kappa shape index (κ1) is 24.1. The number of carbonyl (C=O) groups excluding carboxylic acids is 1. The second-order valence-corrected chi connectivity index (χ2v) is 9.61. The molecule has 0 N–H and O–H groups in total. The lowest BCUT2D eigenvalue weighted by atomic mass is 9.84. The molecule has 9 heteroatoms. The SMILES string of the molecule is CCC(C)N(Cc1cccc(OS(=O)(=O)c2cccc(C(F)(F)F)c2)c1)C(=O)C1CCC1.